The molecule has 30 heavy (non-hydrogen) atoms. The standard InChI is InChI=1S/C20H14Cl2N4O3S/c21-12-7-13(22)9-14(8-12)24-17(27)11-25-16-4-1-5-23-18(16)19(28)26(20(25)29)10-15-3-2-6-30-15/h1-9H,10-11H2,(H,24,27). The quantitative estimate of drug-likeness (QED) is 0.492. The van der Waals surface area contributed by atoms with E-state index in [-0.39, 0.29) is 24.1 Å². The number of thiophene rings is 1. The molecule has 0 spiro atoms. The Morgan fingerprint density at radius 3 is 2.53 bits per heavy atom. The number of amides is 1. The van der Waals surface area contributed by atoms with Gasteiger partial charge in [-0.15, -0.1) is 11.3 Å². The normalized spacial score (nSPS) is 11.0. The molecule has 1 N–H and O–H groups in total. The Balaban J connectivity index is 1.75. The molecule has 4 aromatic rings. The molecular weight excluding hydrogens is 447 g/mol. The van der Waals surface area contributed by atoms with Crippen LogP contribution in [0.2, 0.25) is 10.0 Å². The molecule has 0 aliphatic rings. The molecule has 3 aromatic heterocycles. The van der Waals surface area contributed by atoms with Gasteiger partial charge in [0, 0.05) is 26.8 Å². The van der Waals surface area contributed by atoms with Crippen LogP contribution in [0.4, 0.5) is 5.69 Å². The molecule has 1 aromatic carbocycles. The lowest BCUT2D eigenvalue weighted by molar-refractivity contribution is -0.116. The Kier molecular flexibility index (Phi) is 5.72. The van der Waals surface area contributed by atoms with Gasteiger partial charge in [0.05, 0.1) is 12.1 Å². The first-order valence-electron chi connectivity index (χ1n) is 8.79. The van der Waals surface area contributed by atoms with Gasteiger partial charge in [0.1, 0.15) is 6.54 Å². The SMILES string of the molecule is O=C(Cn1c(=O)n(Cc2cccs2)c(=O)c2ncccc21)Nc1cc(Cl)cc(Cl)c1. The van der Waals surface area contributed by atoms with Crippen LogP contribution < -0.4 is 16.6 Å². The molecule has 0 atom stereocenters. The van der Waals surface area contributed by atoms with E-state index in [1.165, 1.54) is 22.1 Å². The summed E-state index contributed by atoms with van der Waals surface area (Å²) in [5, 5.41) is 5.27. The largest absolute Gasteiger partial charge is 0.332 e. The van der Waals surface area contributed by atoms with Crippen LogP contribution in [0.1, 0.15) is 4.88 Å². The van der Waals surface area contributed by atoms with Crippen LogP contribution in [0.25, 0.3) is 11.0 Å². The lowest BCUT2D eigenvalue weighted by Gasteiger charge is -2.13. The summed E-state index contributed by atoms with van der Waals surface area (Å²) in [5.41, 5.74) is -0.281. The molecule has 0 saturated carbocycles. The van der Waals surface area contributed by atoms with Gasteiger partial charge in [-0.2, -0.15) is 0 Å². The molecule has 3 heterocycles. The Morgan fingerprint density at radius 2 is 1.83 bits per heavy atom. The second-order valence-corrected chi connectivity index (χ2v) is 8.32. The Labute approximate surface area is 184 Å². The minimum atomic E-state index is -0.590. The van der Waals surface area contributed by atoms with Crippen molar-refractivity contribution < 1.29 is 4.79 Å². The fourth-order valence-electron chi connectivity index (χ4n) is 3.06. The van der Waals surface area contributed by atoms with E-state index in [9.17, 15) is 14.4 Å². The Bertz CT molecular complexity index is 1340. The number of halogens is 2. The van der Waals surface area contributed by atoms with Crippen LogP contribution in [-0.2, 0) is 17.9 Å². The van der Waals surface area contributed by atoms with Gasteiger partial charge in [-0.3, -0.25) is 18.7 Å². The van der Waals surface area contributed by atoms with Gasteiger partial charge in [0.25, 0.3) is 5.56 Å². The summed E-state index contributed by atoms with van der Waals surface area (Å²) in [6.45, 7) is -0.205. The smallest absolute Gasteiger partial charge is 0.324 e. The average Bonchev–Trinajstić information content (AvgIpc) is 3.21. The number of carbonyl (C=O) groups excluding carboxylic acids is 1. The number of nitrogens with zero attached hydrogens (tertiary/aromatic N) is 3. The topological polar surface area (TPSA) is 86.0 Å². The van der Waals surface area contributed by atoms with Crippen LogP contribution in [0.15, 0.2) is 63.6 Å². The highest BCUT2D eigenvalue weighted by atomic mass is 35.5. The summed E-state index contributed by atoms with van der Waals surface area (Å²) < 4.78 is 2.32. The van der Waals surface area contributed by atoms with Crippen LogP contribution in [0, 0.1) is 0 Å². The monoisotopic (exact) mass is 460 g/mol. The van der Waals surface area contributed by atoms with Crippen LogP contribution in [0.3, 0.4) is 0 Å². The molecule has 0 aliphatic carbocycles. The fourth-order valence-corrected chi connectivity index (χ4v) is 4.28. The molecule has 0 aliphatic heterocycles. The number of hydrogen-bond acceptors (Lipinski definition) is 5. The third-order valence-corrected chi connectivity index (χ3v) is 5.63. The summed E-state index contributed by atoms with van der Waals surface area (Å²) in [6, 6.07) is 11.5. The Hall–Kier alpha value is -2.94. The van der Waals surface area contributed by atoms with Crippen LogP contribution in [0.5, 0.6) is 0 Å². The number of anilines is 1. The van der Waals surface area contributed by atoms with Crippen molar-refractivity contribution >= 4 is 57.2 Å². The summed E-state index contributed by atoms with van der Waals surface area (Å²) in [6.07, 6.45) is 1.47. The average molecular weight is 461 g/mol. The first-order chi connectivity index (χ1) is 14.4. The zero-order valence-corrected chi connectivity index (χ0v) is 17.7. The van der Waals surface area contributed by atoms with Crippen molar-refractivity contribution in [3.05, 3.63) is 89.8 Å². The molecule has 1 amide bonds. The number of benzene rings is 1. The zero-order chi connectivity index (χ0) is 21.3. The van der Waals surface area contributed by atoms with E-state index in [0.717, 1.165) is 9.44 Å². The Morgan fingerprint density at radius 1 is 1.07 bits per heavy atom. The number of hydrogen-bond donors (Lipinski definition) is 1. The van der Waals surface area contributed by atoms with Crippen LogP contribution in [-0.4, -0.2) is 20.0 Å². The van der Waals surface area contributed by atoms with Crippen molar-refractivity contribution in [1.82, 2.24) is 14.1 Å². The number of fused-ring (bicyclic) bond motifs is 1. The third-order valence-electron chi connectivity index (χ3n) is 4.33. The zero-order valence-electron chi connectivity index (χ0n) is 15.3. The predicted molar refractivity (Wildman–Crippen MR) is 119 cm³/mol. The highest BCUT2D eigenvalue weighted by molar-refractivity contribution is 7.09. The second kappa shape index (κ2) is 8.43. The summed E-state index contributed by atoms with van der Waals surface area (Å²) in [7, 11) is 0. The lowest BCUT2D eigenvalue weighted by atomic mass is 10.3. The third kappa shape index (κ3) is 4.16. The molecule has 0 bridgehead atoms. The molecule has 0 radical (unpaired) electrons. The molecule has 10 heteroatoms. The summed E-state index contributed by atoms with van der Waals surface area (Å²) in [4.78, 5) is 43.6. The highest BCUT2D eigenvalue weighted by Gasteiger charge is 2.17. The summed E-state index contributed by atoms with van der Waals surface area (Å²) >= 11 is 13.4. The second-order valence-electron chi connectivity index (χ2n) is 6.42. The van der Waals surface area contributed by atoms with Crippen molar-refractivity contribution in [2.24, 2.45) is 0 Å². The maximum absolute atomic E-state index is 13.1. The molecule has 0 fully saturated rings. The van der Waals surface area contributed by atoms with Gasteiger partial charge < -0.3 is 5.32 Å². The van der Waals surface area contributed by atoms with E-state index in [2.05, 4.69) is 10.3 Å². The molecule has 7 nitrogen and oxygen atoms in total. The van der Waals surface area contributed by atoms with Crippen molar-refractivity contribution in [1.29, 1.82) is 0 Å². The number of pyridine rings is 1. The highest BCUT2D eigenvalue weighted by Crippen LogP contribution is 2.22. The van der Waals surface area contributed by atoms with Crippen molar-refractivity contribution in [2.45, 2.75) is 13.1 Å². The van der Waals surface area contributed by atoms with Crippen molar-refractivity contribution in [2.75, 3.05) is 5.32 Å². The van der Waals surface area contributed by atoms with E-state index in [1.54, 1.807) is 30.3 Å². The molecule has 0 unspecified atom stereocenters. The van der Waals surface area contributed by atoms with E-state index in [1.807, 2.05) is 17.5 Å². The molecular formula is C20H14Cl2N4O3S. The van der Waals surface area contributed by atoms with Gasteiger partial charge in [-0.25, -0.2) is 9.78 Å². The maximum Gasteiger partial charge on any atom is 0.332 e. The number of rotatable bonds is 5. The van der Waals surface area contributed by atoms with Gasteiger partial charge in [0.15, 0.2) is 5.52 Å². The lowest BCUT2D eigenvalue weighted by Crippen LogP contribution is -2.42. The van der Waals surface area contributed by atoms with Crippen LogP contribution >= 0.6 is 34.5 Å². The molecule has 152 valence electrons. The van der Waals surface area contributed by atoms with E-state index < -0.39 is 17.2 Å². The minimum Gasteiger partial charge on any atom is -0.324 e. The van der Waals surface area contributed by atoms with Gasteiger partial charge >= 0.3 is 5.69 Å². The van der Waals surface area contributed by atoms with E-state index in [0.29, 0.717) is 15.7 Å². The van der Waals surface area contributed by atoms with E-state index >= 15 is 0 Å². The van der Waals surface area contributed by atoms with Gasteiger partial charge in [-0.1, -0.05) is 29.3 Å². The first-order valence-corrected chi connectivity index (χ1v) is 10.4. The molecule has 0 saturated heterocycles. The van der Waals surface area contributed by atoms with Gasteiger partial charge in [-0.05, 0) is 41.8 Å². The number of aromatic nitrogens is 3. The fraction of sp³-hybridized carbons (Fsp3) is 0.100. The minimum absolute atomic E-state index is 0.105. The first kappa shape index (κ1) is 20.3. The number of carbonyl (C=O) groups is 1. The number of nitrogens with one attached hydrogen (secondary N) is 1. The van der Waals surface area contributed by atoms with E-state index in [4.69, 9.17) is 23.2 Å². The molecule has 4 rings (SSSR count). The van der Waals surface area contributed by atoms with Gasteiger partial charge in [0.2, 0.25) is 5.91 Å². The maximum atomic E-state index is 13.1. The van der Waals surface area contributed by atoms with Crippen molar-refractivity contribution in [3.63, 3.8) is 0 Å². The van der Waals surface area contributed by atoms with Crippen molar-refractivity contribution in [3.8, 4) is 0 Å². The predicted octanol–water partition coefficient (Wildman–Crippen LogP) is 3.61. The summed E-state index contributed by atoms with van der Waals surface area (Å²) in [5.74, 6) is -0.470.